The van der Waals surface area contributed by atoms with E-state index in [-0.39, 0.29) is 37.1 Å². The van der Waals surface area contributed by atoms with E-state index in [2.05, 4.69) is 21.3 Å². The molecule has 1 aliphatic rings. The van der Waals surface area contributed by atoms with Crippen molar-refractivity contribution < 1.29 is 34.0 Å². The molecule has 2 aromatic carbocycles. The van der Waals surface area contributed by atoms with E-state index in [1.165, 1.54) is 0 Å². The van der Waals surface area contributed by atoms with Gasteiger partial charge in [-0.2, -0.15) is 0 Å². The zero-order chi connectivity index (χ0) is 35.8. The summed E-state index contributed by atoms with van der Waals surface area (Å²) in [5, 5.41) is 31.2. The van der Waals surface area contributed by atoms with Crippen LogP contribution in [0.2, 0.25) is 0 Å². The Hall–Kier alpha value is -3.78. The van der Waals surface area contributed by atoms with Crippen molar-refractivity contribution in [3.05, 3.63) is 71.8 Å². The van der Waals surface area contributed by atoms with Crippen molar-refractivity contribution in [1.29, 1.82) is 0 Å². The Morgan fingerprint density at radius 3 is 1.82 bits per heavy atom. The number of aryl methyl sites for hydroxylation is 1. The summed E-state index contributed by atoms with van der Waals surface area (Å²) in [6, 6.07) is 15.9. The van der Waals surface area contributed by atoms with E-state index in [1.807, 2.05) is 93.3 Å². The molecule has 13 heteroatoms. The molecule has 4 amide bonds. The van der Waals surface area contributed by atoms with E-state index in [1.54, 1.807) is 0 Å². The molecule has 268 valence electrons. The van der Waals surface area contributed by atoms with Gasteiger partial charge in [-0.25, -0.2) is 0 Å². The van der Waals surface area contributed by atoms with E-state index < -0.39 is 48.9 Å². The van der Waals surface area contributed by atoms with Crippen LogP contribution in [0, 0.1) is 11.8 Å². The van der Waals surface area contributed by atoms with E-state index in [4.69, 9.17) is 4.74 Å². The van der Waals surface area contributed by atoms with Crippen LogP contribution in [0.1, 0.15) is 58.1 Å². The summed E-state index contributed by atoms with van der Waals surface area (Å²) in [4.78, 5) is 56.4. The van der Waals surface area contributed by atoms with Crippen LogP contribution in [0.3, 0.4) is 0 Å². The molecule has 6 N–H and O–H groups in total. The van der Waals surface area contributed by atoms with Gasteiger partial charge in [-0.15, -0.1) is 0 Å². The summed E-state index contributed by atoms with van der Waals surface area (Å²) in [7, 11) is -1.78. The summed E-state index contributed by atoms with van der Waals surface area (Å²) in [6.45, 7) is 10.1. The molecule has 2 aromatic rings. The highest BCUT2D eigenvalue weighted by Gasteiger charge is 2.33. The number of benzene rings is 2. The van der Waals surface area contributed by atoms with E-state index in [9.17, 15) is 29.2 Å². The molecular formula is C36H54BN5O7. The molecule has 0 bridgehead atoms. The summed E-state index contributed by atoms with van der Waals surface area (Å²) in [6.07, 6.45) is 1.61. The standard InChI is InChI=1S/C36H54BN5O7/c1-25(2)21-30(35(45)40-31(23-28-13-9-6-10-14-28)36(46)41-32(37(47)48)22-26(3)4)39-34(44)29(16-15-27-11-7-5-8-12-27)38-33(43)24-42-17-19-49-20-18-42/h5-14,25-26,29-32,47-48H,15-24H2,1-4H3,(H,38,43)(H,39,44)(H,40,45)(H,41,46). The minimum absolute atomic E-state index is 0.0103. The SMILES string of the molecule is CC(C)CC(NC(=O)C(Cc1ccccc1)NC(=O)C(CC(C)C)NC(=O)C(CCc1ccccc1)NC(=O)CN1CCOCC1)B(O)O. The van der Waals surface area contributed by atoms with Gasteiger partial charge in [0.1, 0.15) is 18.1 Å². The molecule has 1 fully saturated rings. The summed E-state index contributed by atoms with van der Waals surface area (Å²) >= 11 is 0. The zero-order valence-corrected chi connectivity index (χ0v) is 29.3. The third kappa shape index (κ3) is 14.7. The highest BCUT2D eigenvalue weighted by Crippen LogP contribution is 2.12. The van der Waals surface area contributed by atoms with Crippen LogP contribution in [0.4, 0.5) is 0 Å². The molecule has 1 saturated heterocycles. The van der Waals surface area contributed by atoms with Crippen LogP contribution in [-0.4, -0.2) is 103 Å². The second-order valence-electron chi connectivity index (χ2n) is 13.6. The number of morpholine rings is 1. The number of nitrogens with one attached hydrogen (secondary N) is 4. The summed E-state index contributed by atoms with van der Waals surface area (Å²) < 4.78 is 5.38. The molecule has 0 radical (unpaired) electrons. The predicted octanol–water partition coefficient (Wildman–Crippen LogP) is 1.24. The Morgan fingerprint density at radius 2 is 1.24 bits per heavy atom. The van der Waals surface area contributed by atoms with Crippen molar-refractivity contribution in [2.24, 2.45) is 11.8 Å². The van der Waals surface area contributed by atoms with Gasteiger partial charge in [-0.1, -0.05) is 88.4 Å². The lowest BCUT2D eigenvalue weighted by Gasteiger charge is -2.29. The third-order valence-corrected chi connectivity index (χ3v) is 8.36. The van der Waals surface area contributed by atoms with Gasteiger partial charge in [-0.05, 0) is 48.6 Å². The van der Waals surface area contributed by atoms with Gasteiger partial charge in [0.25, 0.3) is 0 Å². The number of rotatable bonds is 19. The minimum atomic E-state index is -1.78. The number of carbonyl (C=O) groups is 4. The lowest BCUT2D eigenvalue weighted by molar-refractivity contribution is -0.134. The van der Waals surface area contributed by atoms with Crippen molar-refractivity contribution in [2.45, 2.75) is 83.9 Å². The van der Waals surface area contributed by atoms with Gasteiger partial charge in [0.05, 0.1) is 25.7 Å². The fourth-order valence-corrected chi connectivity index (χ4v) is 5.78. The van der Waals surface area contributed by atoms with E-state index in [0.29, 0.717) is 45.6 Å². The monoisotopic (exact) mass is 679 g/mol. The Kier molecular flexibility index (Phi) is 16.7. The van der Waals surface area contributed by atoms with Gasteiger partial charge in [0.2, 0.25) is 23.6 Å². The van der Waals surface area contributed by atoms with Crippen LogP contribution in [-0.2, 0) is 36.8 Å². The fraction of sp³-hybridized carbons (Fsp3) is 0.556. The molecule has 3 rings (SSSR count). The van der Waals surface area contributed by atoms with E-state index >= 15 is 0 Å². The van der Waals surface area contributed by atoms with Gasteiger partial charge in [0, 0.05) is 19.5 Å². The molecule has 49 heavy (non-hydrogen) atoms. The highest BCUT2D eigenvalue weighted by atomic mass is 16.5. The lowest BCUT2D eigenvalue weighted by atomic mass is 9.75. The molecule has 0 aromatic heterocycles. The molecule has 12 nitrogen and oxygen atoms in total. The average Bonchev–Trinajstić information content (AvgIpc) is 3.06. The molecule has 1 heterocycles. The van der Waals surface area contributed by atoms with Crippen LogP contribution < -0.4 is 21.3 Å². The number of ether oxygens (including phenoxy) is 1. The first kappa shape index (κ1) is 39.7. The van der Waals surface area contributed by atoms with Gasteiger partial charge < -0.3 is 36.1 Å². The Labute approximate surface area is 290 Å². The summed E-state index contributed by atoms with van der Waals surface area (Å²) in [5.41, 5.74) is 1.80. The zero-order valence-electron chi connectivity index (χ0n) is 29.3. The van der Waals surface area contributed by atoms with Crippen molar-refractivity contribution in [3.8, 4) is 0 Å². The Morgan fingerprint density at radius 1 is 0.714 bits per heavy atom. The average molecular weight is 680 g/mol. The Balaban J connectivity index is 1.79. The minimum Gasteiger partial charge on any atom is -0.426 e. The highest BCUT2D eigenvalue weighted by molar-refractivity contribution is 6.43. The van der Waals surface area contributed by atoms with Gasteiger partial charge >= 0.3 is 7.12 Å². The molecule has 0 saturated carbocycles. The Bertz CT molecular complexity index is 1310. The smallest absolute Gasteiger partial charge is 0.426 e. The molecule has 0 aliphatic carbocycles. The fourth-order valence-electron chi connectivity index (χ4n) is 5.78. The second-order valence-corrected chi connectivity index (χ2v) is 13.6. The number of hydrogen-bond donors (Lipinski definition) is 6. The lowest BCUT2D eigenvalue weighted by Crippen LogP contribution is -2.59. The van der Waals surface area contributed by atoms with Crippen LogP contribution in [0.5, 0.6) is 0 Å². The molecule has 0 spiro atoms. The van der Waals surface area contributed by atoms with Crippen molar-refractivity contribution in [3.63, 3.8) is 0 Å². The van der Waals surface area contributed by atoms with Gasteiger partial charge in [-0.3, -0.25) is 24.1 Å². The number of carbonyl (C=O) groups excluding carboxylic acids is 4. The van der Waals surface area contributed by atoms with Crippen molar-refractivity contribution >= 4 is 30.7 Å². The molecule has 1 aliphatic heterocycles. The first-order valence-corrected chi connectivity index (χ1v) is 17.4. The topological polar surface area (TPSA) is 169 Å². The molecule has 4 unspecified atom stereocenters. The molecular weight excluding hydrogens is 625 g/mol. The number of hydrogen-bond acceptors (Lipinski definition) is 8. The maximum atomic E-state index is 13.9. The third-order valence-electron chi connectivity index (χ3n) is 8.36. The van der Waals surface area contributed by atoms with Crippen LogP contribution >= 0.6 is 0 Å². The normalized spacial score (nSPS) is 15.9. The van der Waals surface area contributed by atoms with Crippen molar-refractivity contribution in [2.75, 3.05) is 32.8 Å². The van der Waals surface area contributed by atoms with Crippen LogP contribution in [0.25, 0.3) is 0 Å². The first-order valence-electron chi connectivity index (χ1n) is 17.4. The second kappa shape index (κ2) is 20.7. The quantitative estimate of drug-likeness (QED) is 0.121. The maximum Gasteiger partial charge on any atom is 0.475 e. The first-order chi connectivity index (χ1) is 23.4. The van der Waals surface area contributed by atoms with Crippen LogP contribution in [0.15, 0.2) is 60.7 Å². The van der Waals surface area contributed by atoms with Gasteiger partial charge in [0.15, 0.2) is 0 Å². The predicted molar refractivity (Wildman–Crippen MR) is 189 cm³/mol. The van der Waals surface area contributed by atoms with E-state index in [0.717, 1.165) is 11.1 Å². The number of nitrogens with zero attached hydrogens (tertiary/aromatic N) is 1. The maximum absolute atomic E-state index is 13.9. The summed E-state index contributed by atoms with van der Waals surface area (Å²) in [5.74, 6) is -2.75. The largest absolute Gasteiger partial charge is 0.475 e. The molecule has 4 atom stereocenters. The number of amides is 4. The van der Waals surface area contributed by atoms with Crippen molar-refractivity contribution in [1.82, 2.24) is 26.2 Å².